The average molecular weight is 451 g/mol. The van der Waals surface area contributed by atoms with Crippen LogP contribution in [0.1, 0.15) is 18.1 Å². The number of carbonyl (C=O) groups is 1. The molecule has 1 amide bonds. The van der Waals surface area contributed by atoms with Crippen LogP contribution in [0.15, 0.2) is 72.3 Å². The Balaban J connectivity index is 1.79. The maximum absolute atomic E-state index is 13.8. The lowest BCUT2D eigenvalue weighted by molar-refractivity contribution is -0.112. The summed E-state index contributed by atoms with van der Waals surface area (Å²) >= 11 is 5.93. The fourth-order valence-electron chi connectivity index (χ4n) is 2.85. The second-order valence-corrected chi connectivity index (χ2v) is 7.09. The van der Waals surface area contributed by atoms with Crippen molar-refractivity contribution in [3.63, 3.8) is 0 Å². The summed E-state index contributed by atoms with van der Waals surface area (Å²) in [5.74, 6) is -0.0683. The molecule has 0 aliphatic rings. The molecule has 3 aromatic rings. The van der Waals surface area contributed by atoms with Crippen LogP contribution in [0, 0.1) is 17.1 Å². The van der Waals surface area contributed by atoms with Gasteiger partial charge in [0.15, 0.2) is 11.5 Å². The molecule has 0 saturated carbocycles. The molecule has 0 aliphatic carbocycles. The molecule has 0 saturated heterocycles. The van der Waals surface area contributed by atoms with Gasteiger partial charge in [-0.25, -0.2) is 4.39 Å². The zero-order valence-corrected chi connectivity index (χ0v) is 18.0. The van der Waals surface area contributed by atoms with Crippen LogP contribution in [0.3, 0.4) is 0 Å². The zero-order chi connectivity index (χ0) is 22.9. The van der Waals surface area contributed by atoms with Crippen LogP contribution in [-0.2, 0) is 11.4 Å². The van der Waals surface area contributed by atoms with E-state index in [2.05, 4.69) is 5.32 Å². The molecule has 162 valence electrons. The number of carbonyl (C=O) groups excluding carboxylic acids is 1. The predicted molar refractivity (Wildman–Crippen MR) is 122 cm³/mol. The highest BCUT2D eigenvalue weighted by Gasteiger charge is 2.12. The monoisotopic (exact) mass is 450 g/mol. The van der Waals surface area contributed by atoms with E-state index < -0.39 is 5.91 Å². The molecule has 32 heavy (non-hydrogen) atoms. The minimum Gasteiger partial charge on any atom is -0.490 e. The lowest BCUT2D eigenvalue weighted by Gasteiger charge is -2.13. The van der Waals surface area contributed by atoms with Gasteiger partial charge in [0.2, 0.25) is 0 Å². The Morgan fingerprint density at radius 3 is 2.62 bits per heavy atom. The van der Waals surface area contributed by atoms with Gasteiger partial charge < -0.3 is 14.8 Å². The second-order valence-electron chi connectivity index (χ2n) is 6.65. The Bertz CT molecular complexity index is 1190. The number of hydrogen-bond acceptors (Lipinski definition) is 4. The summed E-state index contributed by atoms with van der Waals surface area (Å²) in [4.78, 5) is 12.5. The van der Waals surface area contributed by atoms with E-state index in [-0.39, 0.29) is 18.0 Å². The van der Waals surface area contributed by atoms with Gasteiger partial charge in [0.25, 0.3) is 5.91 Å². The minimum atomic E-state index is -0.562. The van der Waals surface area contributed by atoms with Crippen molar-refractivity contribution in [3.8, 4) is 17.6 Å². The number of hydrogen-bond donors (Lipinski definition) is 1. The van der Waals surface area contributed by atoms with Crippen molar-refractivity contribution >= 4 is 29.3 Å². The molecule has 0 bridgehead atoms. The Hall–Kier alpha value is -3.82. The molecular formula is C25H20ClFN2O3. The highest BCUT2D eigenvalue weighted by Crippen LogP contribution is 2.30. The van der Waals surface area contributed by atoms with Gasteiger partial charge in [-0.15, -0.1) is 0 Å². The molecule has 3 rings (SSSR count). The molecule has 0 aromatic heterocycles. The van der Waals surface area contributed by atoms with Crippen LogP contribution in [0.5, 0.6) is 11.5 Å². The molecule has 1 N–H and O–H groups in total. The summed E-state index contributed by atoms with van der Waals surface area (Å²) in [6.07, 6.45) is 1.45. The van der Waals surface area contributed by atoms with E-state index in [1.165, 1.54) is 12.1 Å². The minimum absolute atomic E-state index is 0.0351. The first-order valence-corrected chi connectivity index (χ1v) is 10.2. The average Bonchev–Trinajstić information content (AvgIpc) is 2.78. The summed E-state index contributed by atoms with van der Waals surface area (Å²) in [5, 5.41) is 12.6. The van der Waals surface area contributed by atoms with Crippen LogP contribution >= 0.6 is 11.6 Å². The van der Waals surface area contributed by atoms with Crippen LogP contribution in [0.25, 0.3) is 6.08 Å². The quantitative estimate of drug-likeness (QED) is 0.337. The molecule has 0 heterocycles. The fourth-order valence-corrected chi connectivity index (χ4v) is 3.04. The van der Waals surface area contributed by atoms with Gasteiger partial charge in [0.05, 0.1) is 6.61 Å². The summed E-state index contributed by atoms with van der Waals surface area (Å²) in [6.45, 7) is 2.24. The topological polar surface area (TPSA) is 71.3 Å². The van der Waals surface area contributed by atoms with E-state index in [9.17, 15) is 14.4 Å². The summed E-state index contributed by atoms with van der Waals surface area (Å²) < 4.78 is 25.2. The van der Waals surface area contributed by atoms with Crippen LogP contribution in [0.2, 0.25) is 5.02 Å². The third kappa shape index (κ3) is 6.10. The van der Waals surface area contributed by atoms with Gasteiger partial charge in [-0.2, -0.15) is 5.26 Å². The van der Waals surface area contributed by atoms with E-state index in [1.807, 2.05) is 13.0 Å². The number of anilines is 1. The van der Waals surface area contributed by atoms with Crippen LogP contribution in [-0.4, -0.2) is 12.5 Å². The molecule has 3 aromatic carbocycles. The first kappa shape index (κ1) is 22.9. The maximum atomic E-state index is 13.8. The van der Waals surface area contributed by atoms with Crippen molar-refractivity contribution in [2.75, 3.05) is 11.9 Å². The van der Waals surface area contributed by atoms with Crippen LogP contribution < -0.4 is 14.8 Å². The lowest BCUT2D eigenvalue weighted by atomic mass is 10.1. The first-order chi connectivity index (χ1) is 15.5. The van der Waals surface area contributed by atoms with Crippen molar-refractivity contribution in [3.05, 3.63) is 94.3 Å². The van der Waals surface area contributed by atoms with Crippen molar-refractivity contribution in [1.82, 2.24) is 0 Å². The van der Waals surface area contributed by atoms with Crippen LogP contribution in [0.4, 0.5) is 10.1 Å². The number of nitriles is 1. The van der Waals surface area contributed by atoms with Crippen molar-refractivity contribution in [2.24, 2.45) is 0 Å². The second kappa shape index (κ2) is 11.0. The number of halogens is 2. The summed E-state index contributed by atoms with van der Waals surface area (Å²) in [6, 6.07) is 19.9. The molecule has 0 atom stereocenters. The zero-order valence-electron chi connectivity index (χ0n) is 17.3. The van der Waals surface area contributed by atoms with E-state index in [0.29, 0.717) is 39.9 Å². The number of nitrogens with one attached hydrogen (secondary N) is 1. The Morgan fingerprint density at radius 1 is 1.09 bits per heavy atom. The molecule has 7 heteroatoms. The molecule has 0 spiro atoms. The first-order valence-electron chi connectivity index (χ1n) is 9.82. The third-order valence-corrected chi connectivity index (χ3v) is 4.60. The normalized spacial score (nSPS) is 10.9. The number of rotatable bonds is 8. The largest absolute Gasteiger partial charge is 0.490 e. The number of amides is 1. The highest BCUT2D eigenvalue weighted by molar-refractivity contribution is 6.31. The number of ether oxygens (including phenoxy) is 2. The Labute approximate surface area is 190 Å². The van der Waals surface area contributed by atoms with Gasteiger partial charge in [-0.3, -0.25) is 4.79 Å². The number of benzene rings is 3. The van der Waals surface area contributed by atoms with Crippen molar-refractivity contribution in [2.45, 2.75) is 13.5 Å². The Kier molecular flexibility index (Phi) is 7.85. The van der Waals surface area contributed by atoms with Gasteiger partial charge in [-0.05, 0) is 55.0 Å². The molecular weight excluding hydrogens is 431 g/mol. The van der Waals surface area contributed by atoms with Gasteiger partial charge in [0.1, 0.15) is 24.1 Å². The molecule has 0 unspecified atom stereocenters. The van der Waals surface area contributed by atoms with E-state index >= 15 is 0 Å². The van der Waals surface area contributed by atoms with Crippen molar-refractivity contribution in [1.29, 1.82) is 5.26 Å². The molecule has 5 nitrogen and oxygen atoms in total. The van der Waals surface area contributed by atoms with Crippen molar-refractivity contribution < 1.29 is 18.7 Å². The van der Waals surface area contributed by atoms with Gasteiger partial charge >= 0.3 is 0 Å². The molecule has 0 fully saturated rings. The summed E-state index contributed by atoms with van der Waals surface area (Å²) in [5.41, 5.74) is 1.39. The predicted octanol–water partition coefficient (Wildman–Crippen LogP) is 6.00. The lowest BCUT2D eigenvalue weighted by Crippen LogP contribution is -2.13. The molecule has 0 aliphatic heterocycles. The number of nitrogens with zero attached hydrogens (tertiary/aromatic N) is 1. The molecule has 0 radical (unpaired) electrons. The van der Waals surface area contributed by atoms with Gasteiger partial charge in [0, 0.05) is 16.3 Å². The van der Waals surface area contributed by atoms with E-state index in [0.717, 1.165) is 0 Å². The van der Waals surface area contributed by atoms with E-state index in [1.54, 1.807) is 60.7 Å². The third-order valence-electron chi connectivity index (χ3n) is 4.37. The highest BCUT2D eigenvalue weighted by atomic mass is 35.5. The summed E-state index contributed by atoms with van der Waals surface area (Å²) in [7, 11) is 0. The SMILES string of the molecule is CCOc1cc(/C=C(\C#N)C(=O)Nc2cccc(Cl)c2)ccc1OCc1ccccc1F. The standard InChI is InChI=1S/C25H20ClFN2O3/c1-2-31-24-13-17(10-11-23(24)32-16-18-6-3-4-9-22(18)27)12-19(15-28)25(30)29-21-8-5-7-20(26)14-21/h3-14H,2,16H2,1H3,(H,29,30)/b19-12+. The smallest absolute Gasteiger partial charge is 0.266 e. The fraction of sp³-hybridized carbons (Fsp3) is 0.120. The maximum Gasteiger partial charge on any atom is 0.266 e. The van der Waals surface area contributed by atoms with Gasteiger partial charge in [-0.1, -0.05) is 41.9 Å². The van der Waals surface area contributed by atoms with E-state index in [4.69, 9.17) is 21.1 Å². The Morgan fingerprint density at radius 2 is 1.91 bits per heavy atom.